The van der Waals surface area contributed by atoms with Crippen LogP contribution in [0, 0.1) is 0 Å². The van der Waals surface area contributed by atoms with Crippen LogP contribution in [0.3, 0.4) is 0 Å². The van der Waals surface area contributed by atoms with Crippen LogP contribution in [0.15, 0.2) is 24.4 Å². The van der Waals surface area contributed by atoms with Crippen LogP contribution in [-0.2, 0) is 13.0 Å². The molecule has 1 aliphatic heterocycles. The second-order valence-electron chi connectivity index (χ2n) is 4.50. The number of imidazole rings is 1. The number of hydrogen-bond donors (Lipinski definition) is 1. The molecule has 0 radical (unpaired) electrons. The van der Waals surface area contributed by atoms with Gasteiger partial charge < -0.3 is 5.73 Å². The van der Waals surface area contributed by atoms with Gasteiger partial charge in [-0.15, -0.1) is 0 Å². The van der Waals surface area contributed by atoms with Crippen LogP contribution in [0.1, 0.15) is 24.4 Å². The lowest BCUT2D eigenvalue weighted by Crippen LogP contribution is -2.10. The van der Waals surface area contributed by atoms with Crippen molar-refractivity contribution in [2.24, 2.45) is 5.73 Å². The van der Waals surface area contributed by atoms with Gasteiger partial charge >= 0.3 is 0 Å². The Balaban J connectivity index is 1.98. The van der Waals surface area contributed by atoms with E-state index in [-0.39, 0.29) is 0 Å². The second kappa shape index (κ2) is 4.70. The molecule has 3 nitrogen and oxygen atoms in total. The molecule has 1 aliphatic rings. The summed E-state index contributed by atoms with van der Waals surface area (Å²) < 4.78 is 2.22. The van der Waals surface area contributed by atoms with E-state index < -0.39 is 0 Å². The molecule has 0 spiro atoms. The Hall–Kier alpha value is -1.00. The first kappa shape index (κ1) is 11.1. The molecule has 0 amide bonds. The standard InChI is InChI=1S/C13H17N3S/c14-8-10-3-1-4-11-9-15-13(16(10)11)7-12-5-2-6-17-12/h1,3-4,9,12H,2,5-8,14H2. The lowest BCUT2D eigenvalue weighted by Gasteiger charge is -2.10. The molecule has 2 aromatic rings. The summed E-state index contributed by atoms with van der Waals surface area (Å²) in [5.74, 6) is 2.47. The lowest BCUT2D eigenvalue weighted by atomic mass is 10.2. The molecule has 90 valence electrons. The molecule has 1 saturated heterocycles. The molecule has 2 aromatic heterocycles. The third-order valence-corrected chi connectivity index (χ3v) is 4.75. The van der Waals surface area contributed by atoms with Gasteiger partial charge in [0, 0.05) is 23.9 Å². The molecule has 4 heteroatoms. The van der Waals surface area contributed by atoms with Crippen molar-refractivity contribution in [1.82, 2.24) is 9.38 Å². The number of nitrogens with two attached hydrogens (primary N) is 1. The average molecular weight is 247 g/mol. The SMILES string of the molecule is NCc1cccc2cnc(CC3CCCS3)n12. The van der Waals surface area contributed by atoms with E-state index in [0.717, 1.165) is 22.9 Å². The molecule has 3 rings (SSSR count). The maximum Gasteiger partial charge on any atom is 0.114 e. The molecule has 0 bridgehead atoms. The monoisotopic (exact) mass is 247 g/mol. The molecule has 3 heterocycles. The fourth-order valence-corrected chi connectivity index (χ4v) is 3.77. The molecular formula is C13H17N3S. The summed E-state index contributed by atoms with van der Waals surface area (Å²) in [6.45, 7) is 0.568. The number of rotatable bonds is 3. The zero-order chi connectivity index (χ0) is 11.7. The van der Waals surface area contributed by atoms with Crippen molar-refractivity contribution in [3.05, 3.63) is 35.9 Å². The largest absolute Gasteiger partial charge is 0.325 e. The highest BCUT2D eigenvalue weighted by Crippen LogP contribution is 2.29. The van der Waals surface area contributed by atoms with E-state index >= 15 is 0 Å². The molecule has 0 aliphatic carbocycles. The summed E-state index contributed by atoms with van der Waals surface area (Å²) in [4.78, 5) is 4.56. The first-order valence-corrected chi connectivity index (χ1v) is 7.19. The Kier molecular flexibility index (Phi) is 3.07. The van der Waals surface area contributed by atoms with Crippen LogP contribution < -0.4 is 5.73 Å². The van der Waals surface area contributed by atoms with E-state index in [4.69, 9.17) is 5.73 Å². The molecule has 1 unspecified atom stereocenters. The number of pyridine rings is 1. The predicted molar refractivity (Wildman–Crippen MR) is 72.3 cm³/mol. The molecule has 1 atom stereocenters. The van der Waals surface area contributed by atoms with E-state index in [2.05, 4.69) is 33.3 Å². The molecule has 0 saturated carbocycles. The topological polar surface area (TPSA) is 43.3 Å². The van der Waals surface area contributed by atoms with Crippen molar-refractivity contribution in [3.8, 4) is 0 Å². The summed E-state index contributed by atoms with van der Waals surface area (Å²) >= 11 is 2.08. The third-order valence-electron chi connectivity index (χ3n) is 3.35. The van der Waals surface area contributed by atoms with Gasteiger partial charge in [-0.3, -0.25) is 4.40 Å². The summed E-state index contributed by atoms with van der Waals surface area (Å²) in [6, 6.07) is 6.23. The summed E-state index contributed by atoms with van der Waals surface area (Å²) in [5, 5.41) is 0.742. The van der Waals surface area contributed by atoms with Crippen molar-refractivity contribution in [2.75, 3.05) is 5.75 Å². The van der Waals surface area contributed by atoms with Crippen molar-refractivity contribution in [1.29, 1.82) is 0 Å². The molecular weight excluding hydrogens is 230 g/mol. The van der Waals surface area contributed by atoms with E-state index in [0.29, 0.717) is 6.54 Å². The van der Waals surface area contributed by atoms with Gasteiger partial charge in [0.2, 0.25) is 0 Å². The normalized spacial score (nSPS) is 20.2. The van der Waals surface area contributed by atoms with Gasteiger partial charge in [0.15, 0.2) is 0 Å². The third kappa shape index (κ3) is 2.07. The predicted octanol–water partition coefficient (Wildman–Crippen LogP) is 2.23. The van der Waals surface area contributed by atoms with E-state index in [1.54, 1.807) is 0 Å². The Morgan fingerprint density at radius 2 is 2.41 bits per heavy atom. The van der Waals surface area contributed by atoms with Gasteiger partial charge in [-0.2, -0.15) is 11.8 Å². The van der Waals surface area contributed by atoms with E-state index in [1.807, 2.05) is 12.3 Å². The van der Waals surface area contributed by atoms with Gasteiger partial charge in [0.25, 0.3) is 0 Å². The van der Waals surface area contributed by atoms with Crippen LogP contribution in [-0.4, -0.2) is 20.4 Å². The van der Waals surface area contributed by atoms with E-state index in [1.165, 1.54) is 24.4 Å². The number of fused-ring (bicyclic) bond motifs is 1. The minimum atomic E-state index is 0.568. The number of thioether (sulfide) groups is 1. The first-order chi connectivity index (χ1) is 8.38. The quantitative estimate of drug-likeness (QED) is 0.904. The highest BCUT2D eigenvalue weighted by Gasteiger charge is 2.18. The zero-order valence-corrected chi connectivity index (χ0v) is 10.6. The van der Waals surface area contributed by atoms with Crippen LogP contribution in [0.25, 0.3) is 5.52 Å². The number of nitrogens with zero attached hydrogens (tertiary/aromatic N) is 2. The fourth-order valence-electron chi connectivity index (χ4n) is 2.50. The van der Waals surface area contributed by atoms with Crippen molar-refractivity contribution in [2.45, 2.75) is 31.1 Å². The Morgan fingerprint density at radius 1 is 1.47 bits per heavy atom. The summed E-state index contributed by atoms with van der Waals surface area (Å²) in [5.41, 5.74) is 8.11. The molecule has 0 aromatic carbocycles. The Labute approximate surface area is 105 Å². The highest BCUT2D eigenvalue weighted by molar-refractivity contribution is 8.00. The van der Waals surface area contributed by atoms with Crippen LogP contribution in [0.4, 0.5) is 0 Å². The van der Waals surface area contributed by atoms with Crippen molar-refractivity contribution < 1.29 is 0 Å². The smallest absolute Gasteiger partial charge is 0.114 e. The number of aromatic nitrogens is 2. The van der Waals surface area contributed by atoms with Crippen LogP contribution in [0.5, 0.6) is 0 Å². The fraction of sp³-hybridized carbons (Fsp3) is 0.462. The van der Waals surface area contributed by atoms with Gasteiger partial charge in [-0.25, -0.2) is 4.98 Å². The van der Waals surface area contributed by atoms with Gasteiger partial charge in [-0.1, -0.05) is 6.07 Å². The minimum absolute atomic E-state index is 0.568. The first-order valence-electron chi connectivity index (χ1n) is 6.14. The average Bonchev–Trinajstić information content (AvgIpc) is 2.99. The van der Waals surface area contributed by atoms with Gasteiger partial charge in [0.05, 0.1) is 11.7 Å². The van der Waals surface area contributed by atoms with Crippen molar-refractivity contribution >= 4 is 17.3 Å². The molecule has 2 N–H and O–H groups in total. The Morgan fingerprint density at radius 3 is 3.18 bits per heavy atom. The van der Waals surface area contributed by atoms with Gasteiger partial charge in [-0.05, 0) is 30.7 Å². The van der Waals surface area contributed by atoms with Gasteiger partial charge in [0.1, 0.15) is 5.82 Å². The highest BCUT2D eigenvalue weighted by atomic mass is 32.2. The maximum atomic E-state index is 5.80. The molecule has 17 heavy (non-hydrogen) atoms. The maximum absolute atomic E-state index is 5.80. The van der Waals surface area contributed by atoms with Crippen molar-refractivity contribution in [3.63, 3.8) is 0 Å². The van der Waals surface area contributed by atoms with Crippen LogP contribution in [0.2, 0.25) is 0 Å². The summed E-state index contributed by atoms with van der Waals surface area (Å²) in [7, 11) is 0. The van der Waals surface area contributed by atoms with Crippen LogP contribution >= 0.6 is 11.8 Å². The zero-order valence-electron chi connectivity index (χ0n) is 9.80. The number of hydrogen-bond acceptors (Lipinski definition) is 3. The Bertz CT molecular complexity index is 514. The van der Waals surface area contributed by atoms with E-state index in [9.17, 15) is 0 Å². The second-order valence-corrected chi connectivity index (χ2v) is 5.90. The lowest BCUT2D eigenvalue weighted by molar-refractivity contribution is 0.734. The minimum Gasteiger partial charge on any atom is -0.325 e. The summed E-state index contributed by atoms with van der Waals surface area (Å²) in [6.07, 6.45) is 5.69. The molecule has 1 fully saturated rings.